The van der Waals surface area contributed by atoms with Gasteiger partial charge < -0.3 is 34.9 Å². The van der Waals surface area contributed by atoms with E-state index < -0.39 is 6.10 Å². The minimum Gasteiger partial charge on any atom is -0.487 e. The molecular weight excluding hydrogens is 390 g/mol. The van der Waals surface area contributed by atoms with Gasteiger partial charge in [0.15, 0.2) is 0 Å². The van der Waals surface area contributed by atoms with Crippen LogP contribution in [0.25, 0.3) is 0 Å². The molecule has 2 heterocycles. The molecule has 0 saturated carbocycles. The number of methoxy groups -OCH3 is 1. The first-order valence-electron chi connectivity index (χ1n) is 10.2. The highest BCUT2D eigenvalue weighted by Crippen LogP contribution is 2.47. The maximum Gasteiger partial charge on any atom is 0.238 e. The van der Waals surface area contributed by atoms with Gasteiger partial charge in [-0.15, -0.1) is 0 Å². The van der Waals surface area contributed by atoms with Crippen LogP contribution in [0.3, 0.4) is 0 Å². The minimum atomic E-state index is -0.514. The Morgan fingerprint density at radius 3 is 2.80 bits per heavy atom. The van der Waals surface area contributed by atoms with E-state index in [-0.39, 0.29) is 43.0 Å². The fraction of sp³-hybridized carbons (Fsp3) is 0.619. The summed E-state index contributed by atoms with van der Waals surface area (Å²) in [6.45, 7) is 0.994. The van der Waals surface area contributed by atoms with Crippen molar-refractivity contribution in [2.75, 3.05) is 52.8 Å². The Hall–Kier alpha value is -2.20. The second-order valence-electron chi connectivity index (χ2n) is 7.99. The van der Waals surface area contributed by atoms with E-state index >= 15 is 0 Å². The Morgan fingerprint density at radius 1 is 1.30 bits per heavy atom. The van der Waals surface area contributed by atoms with E-state index in [1.54, 1.807) is 18.1 Å². The summed E-state index contributed by atoms with van der Waals surface area (Å²) in [5.74, 6) is 0.494. The molecule has 9 heteroatoms. The maximum atomic E-state index is 12.2. The highest BCUT2D eigenvalue weighted by Gasteiger charge is 2.46. The number of aliphatic hydroxyl groups is 1. The first kappa shape index (κ1) is 22.5. The lowest BCUT2D eigenvalue weighted by atomic mass is 9.84. The van der Waals surface area contributed by atoms with Gasteiger partial charge >= 0.3 is 0 Å². The smallest absolute Gasteiger partial charge is 0.238 e. The van der Waals surface area contributed by atoms with Crippen LogP contribution in [0.5, 0.6) is 5.75 Å². The van der Waals surface area contributed by atoms with Gasteiger partial charge in [-0.05, 0) is 38.7 Å². The Balaban J connectivity index is 1.70. The highest BCUT2D eigenvalue weighted by atomic mass is 16.6. The molecule has 2 aliphatic rings. The van der Waals surface area contributed by atoms with Crippen molar-refractivity contribution in [3.63, 3.8) is 0 Å². The molecule has 9 nitrogen and oxygen atoms in total. The van der Waals surface area contributed by atoms with Crippen molar-refractivity contribution in [1.29, 1.82) is 0 Å². The number of carbonyl (C=O) groups is 2. The molecule has 0 unspecified atom stereocenters. The molecule has 30 heavy (non-hydrogen) atoms. The highest BCUT2D eigenvalue weighted by molar-refractivity contribution is 5.92. The standard InChI is InChI=1S/C21H31N3O6/c1-24(2)11-20(27)23-13-4-5-17-15(8-13)16-9-14(10-19(26)22-6-7-28-3)29-18(12-25)21(16)30-17/h4-5,8,14,16,18,21,25H,6-7,9-12H2,1-3H3,(H,22,26)(H,23,27)/t14-,16-,18-,21+/m0/s1. The van der Waals surface area contributed by atoms with E-state index in [4.69, 9.17) is 14.2 Å². The van der Waals surface area contributed by atoms with E-state index in [0.717, 1.165) is 11.3 Å². The van der Waals surface area contributed by atoms with Crippen molar-refractivity contribution >= 4 is 17.5 Å². The SMILES string of the molecule is COCCNC(=O)C[C@@H]1C[C@H]2c3cc(NC(=O)CN(C)C)ccc3O[C@H]2[C@H](CO)O1. The number of carbonyl (C=O) groups excluding carboxylic acids is 2. The summed E-state index contributed by atoms with van der Waals surface area (Å²) in [5.41, 5.74) is 1.67. The lowest BCUT2D eigenvalue weighted by Gasteiger charge is -2.37. The molecule has 4 atom stereocenters. The van der Waals surface area contributed by atoms with Crippen LogP contribution in [0.4, 0.5) is 5.69 Å². The summed E-state index contributed by atoms with van der Waals surface area (Å²) in [5, 5.41) is 15.5. The zero-order valence-electron chi connectivity index (χ0n) is 17.7. The number of benzene rings is 1. The first-order valence-corrected chi connectivity index (χ1v) is 10.2. The predicted molar refractivity (Wildman–Crippen MR) is 111 cm³/mol. The molecule has 1 aromatic rings. The molecule has 3 N–H and O–H groups in total. The largest absolute Gasteiger partial charge is 0.487 e. The van der Waals surface area contributed by atoms with Crippen LogP contribution in [-0.2, 0) is 19.1 Å². The molecule has 0 bridgehead atoms. The van der Waals surface area contributed by atoms with Gasteiger partial charge in [0, 0.05) is 30.8 Å². The molecule has 1 aromatic carbocycles. The number of likely N-dealkylation sites (N-methyl/N-ethyl adjacent to an activating group) is 1. The number of fused-ring (bicyclic) bond motifs is 3. The maximum absolute atomic E-state index is 12.2. The summed E-state index contributed by atoms with van der Waals surface area (Å²) in [6, 6.07) is 5.56. The summed E-state index contributed by atoms with van der Waals surface area (Å²) in [7, 11) is 5.25. The van der Waals surface area contributed by atoms with Crippen molar-refractivity contribution in [3.8, 4) is 5.75 Å². The molecule has 0 aromatic heterocycles. The van der Waals surface area contributed by atoms with Crippen LogP contribution < -0.4 is 15.4 Å². The minimum absolute atomic E-state index is 0.0200. The van der Waals surface area contributed by atoms with Crippen LogP contribution in [0.1, 0.15) is 24.3 Å². The van der Waals surface area contributed by atoms with Gasteiger partial charge in [0.05, 0.1) is 32.3 Å². The third-order valence-corrected chi connectivity index (χ3v) is 5.28. The van der Waals surface area contributed by atoms with Crippen LogP contribution >= 0.6 is 0 Å². The molecule has 0 aliphatic carbocycles. The zero-order chi connectivity index (χ0) is 21.7. The van der Waals surface area contributed by atoms with Crippen LogP contribution in [0, 0.1) is 0 Å². The molecule has 0 radical (unpaired) electrons. The molecule has 2 aliphatic heterocycles. The topological polar surface area (TPSA) is 109 Å². The van der Waals surface area contributed by atoms with Crippen molar-refractivity contribution < 1.29 is 28.9 Å². The van der Waals surface area contributed by atoms with Crippen molar-refractivity contribution in [2.45, 2.75) is 37.1 Å². The van der Waals surface area contributed by atoms with Crippen LogP contribution in [0.15, 0.2) is 18.2 Å². The van der Waals surface area contributed by atoms with Gasteiger partial charge in [0.1, 0.15) is 18.0 Å². The number of hydrogen-bond donors (Lipinski definition) is 3. The lowest BCUT2D eigenvalue weighted by molar-refractivity contribution is -0.142. The summed E-state index contributed by atoms with van der Waals surface area (Å²) >= 11 is 0. The van der Waals surface area contributed by atoms with Crippen molar-refractivity contribution in [2.24, 2.45) is 0 Å². The average molecular weight is 421 g/mol. The summed E-state index contributed by atoms with van der Waals surface area (Å²) < 4.78 is 16.9. The average Bonchev–Trinajstić information content (AvgIpc) is 3.05. The van der Waals surface area contributed by atoms with E-state index in [0.29, 0.717) is 31.8 Å². The van der Waals surface area contributed by atoms with E-state index in [1.807, 2.05) is 26.2 Å². The van der Waals surface area contributed by atoms with Gasteiger partial charge in [-0.3, -0.25) is 9.59 Å². The first-order chi connectivity index (χ1) is 14.4. The number of aliphatic hydroxyl groups excluding tert-OH is 1. The number of nitrogens with one attached hydrogen (secondary N) is 2. The van der Waals surface area contributed by atoms with Gasteiger partial charge in [-0.2, -0.15) is 0 Å². The molecule has 1 saturated heterocycles. The van der Waals surface area contributed by atoms with Crippen molar-refractivity contribution in [3.05, 3.63) is 23.8 Å². The van der Waals surface area contributed by atoms with Gasteiger partial charge in [0.2, 0.25) is 11.8 Å². The number of anilines is 1. The van der Waals surface area contributed by atoms with Gasteiger partial charge in [-0.25, -0.2) is 0 Å². The molecule has 0 spiro atoms. The second kappa shape index (κ2) is 10.2. The Bertz CT molecular complexity index is 756. The molecule has 166 valence electrons. The second-order valence-corrected chi connectivity index (χ2v) is 7.99. The molecular formula is C21H31N3O6. The Kier molecular flexibility index (Phi) is 7.65. The number of nitrogens with zero attached hydrogens (tertiary/aromatic N) is 1. The molecule has 2 amide bonds. The normalized spacial score (nSPS) is 24.7. The summed E-state index contributed by atoms with van der Waals surface area (Å²) in [6.07, 6.45) is -0.350. The Morgan fingerprint density at radius 2 is 2.10 bits per heavy atom. The number of hydrogen-bond acceptors (Lipinski definition) is 7. The molecule has 3 rings (SSSR count). The van der Waals surface area contributed by atoms with Gasteiger partial charge in [0.25, 0.3) is 0 Å². The number of amides is 2. The van der Waals surface area contributed by atoms with Gasteiger partial charge in [-0.1, -0.05) is 0 Å². The van der Waals surface area contributed by atoms with E-state index in [9.17, 15) is 14.7 Å². The third-order valence-electron chi connectivity index (χ3n) is 5.28. The zero-order valence-corrected chi connectivity index (χ0v) is 17.7. The molecule has 1 fully saturated rings. The predicted octanol–water partition coefficient (Wildman–Crippen LogP) is 0.334. The van der Waals surface area contributed by atoms with Crippen LogP contribution in [0.2, 0.25) is 0 Å². The fourth-order valence-corrected chi connectivity index (χ4v) is 4.03. The fourth-order valence-electron chi connectivity index (χ4n) is 4.03. The summed E-state index contributed by atoms with van der Waals surface area (Å²) in [4.78, 5) is 26.1. The van der Waals surface area contributed by atoms with E-state index in [2.05, 4.69) is 10.6 Å². The monoisotopic (exact) mass is 421 g/mol. The van der Waals surface area contributed by atoms with Crippen molar-refractivity contribution in [1.82, 2.24) is 10.2 Å². The lowest BCUT2D eigenvalue weighted by Crippen LogP contribution is -2.47. The van der Waals surface area contributed by atoms with Crippen LogP contribution in [-0.4, -0.2) is 87.6 Å². The Labute approximate surface area is 176 Å². The number of ether oxygens (including phenoxy) is 3. The number of rotatable bonds is 9. The third kappa shape index (κ3) is 5.48. The van der Waals surface area contributed by atoms with E-state index in [1.165, 1.54) is 0 Å². The quantitative estimate of drug-likeness (QED) is 0.493.